The van der Waals surface area contributed by atoms with Gasteiger partial charge in [-0.25, -0.2) is 8.42 Å². The zero-order valence-electron chi connectivity index (χ0n) is 14.2. The molecule has 9 nitrogen and oxygen atoms in total. The first-order valence-electron chi connectivity index (χ1n) is 8.11. The number of anilines is 1. The molecule has 0 saturated carbocycles. The van der Waals surface area contributed by atoms with Gasteiger partial charge in [0.05, 0.1) is 23.0 Å². The second-order valence-electron chi connectivity index (χ2n) is 5.84. The van der Waals surface area contributed by atoms with Gasteiger partial charge in [-0.1, -0.05) is 6.07 Å². The van der Waals surface area contributed by atoms with Crippen molar-refractivity contribution in [3.05, 3.63) is 64.2 Å². The maximum absolute atomic E-state index is 12.4. The van der Waals surface area contributed by atoms with Gasteiger partial charge in [0.15, 0.2) is 0 Å². The molecule has 0 spiro atoms. The van der Waals surface area contributed by atoms with Gasteiger partial charge >= 0.3 is 0 Å². The highest BCUT2D eigenvalue weighted by Gasteiger charge is 2.20. The number of carbonyl (C=O) groups excluding carboxylic acids is 1. The number of hydrogen-bond acceptors (Lipinski definition) is 6. The first-order chi connectivity index (χ1) is 12.9. The van der Waals surface area contributed by atoms with Crippen LogP contribution in [0.2, 0.25) is 0 Å². The van der Waals surface area contributed by atoms with Crippen LogP contribution in [-0.4, -0.2) is 50.5 Å². The standard InChI is InChI=1S/C17H17N3O6S/c21-17(19-8-10-26-11-9-19)13-4-6-14(7-5-13)18-27(24,25)16-3-1-2-15(12-16)20(22)23/h1-7,12,18H,8-11H2. The summed E-state index contributed by atoms with van der Waals surface area (Å²) in [5, 5.41) is 10.8. The number of non-ortho nitro benzene ring substituents is 1. The highest BCUT2D eigenvalue weighted by Crippen LogP contribution is 2.21. The molecule has 0 bridgehead atoms. The van der Waals surface area contributed by atoms with Crippen molar-refractivity contribution in [1.82, 2.24) is 4.90 Å². The number of hydrogen-bond donors (Lipinski definition) is 1. The minimum Gasteiger partial charge on any atom is -0.378 e. The number of nitrogens with zero attached hydrogens (tertiary/aromatic N) is 2. The Morgan fingerprint density at radius 3 is 2.41 bits per heavy atom. The van der Waals surface area contributed by atoms with Gasteiger partial charge in [0.25, 0.3) is 21.6 Å². The summed E-state index contributed by atoms with van der Waals surface area (Å²) in [5.74, 6) is -0.147. The molecule has 1 heterocycles. The van der Waals surface area contributed by atoms with Gasteiger partial charge in [0, 0.05) is 36.5 Å². The lowest BCUT2D eigenvalue weighted by Gasteiger charge is -2.26. The molecule has 2 aromatic carbocycles. The molecule has 0 atom stereocenters. The van der Waals surface area contributed by atoms with Crippen LogP contribution in [0.5, 0.6) is 0 Å². The highest BCUT2D eigenvalue weighted by molar-refractivity contribution is 7.92. The number of morpholine rings is 1. The number of sulfonamides is 1. The minimum atomic E-state index is -3.99. The molecule has 27 heavy (non-hydrogen) atoms. The normalized spacial score (nSPS) is 14.6. The summed E-state index contributed by atoms with van der Waals surface area (Å²) >= 11 is 0. The molecule has 0 radical (unpaired) electrons. The second kappa shape index (κ2) is 7.72. The van der Waals surface area contributed by atoms with E-state index in [2.05, 4.69) is 4.72 Å². The van der Waals surface area contributed by atoms with Crippen LogP contribution in [0.25, 0.3) is 0 Å². The molecule has 1 saturated heterocycles. The van der Waals surface area contributed by atoms with Crippen molar-refractivity contribution in [3.8, 4) is 0 Å². The largest absolute Gasteiger partial charge is 0.378 e. The van der Waals surface area contributed by atoms with Gasteiger partial charge in [-0.2, -0.15) is 0 Å². The molecule has 142 valence electrons. The van der Waals surface area contributed by atoms with Crippen LogP contribution in [0.3, 0.4) is 0 Å². The SMILES string of the molecule is O=C(c1ccc(NS(=O)(=O)c2cccc([N+](=O)[O-])c2)cc1)N1CCOCC1. The minimum absolute atomic E-state index is 0.147. The van der Waals surface area contributed by atoms with E-state index in [9.17, 15) is 23.3 Å². The Kier molecular flexibility index (Phi) is 5.38. The summed E-state index contributed by atoms with van der Waals surface area (Å²) in [7, 11) is -3.99. The van der Waals surface area contributed by atoms with Crippen LogP contribution in [0.4, 0.5) is 11.4 Å². The Labute approximate surface area is 155 Å². The van der Waals surface area contributed by atoms with E-state index in [0.717, 1.165) is 6.07 Å². The van der Waals surface area contributed by atoms with Gasteiger partial charge in [0.1, 0.15) is 0 Å². The Morgan fingerprint density at radius 1 is 1.11 bits per heavy atom. The van der Waals surface area contributed by atoms with Gasteiger partial charge in [-0.15, -0.1) is 0 Å². The number of amides is 1. The van der Waals surface area contributed by atoms with E-state index >= 15 is 0 Å². The van der Waals surface area contributed by atoms with Gasteiger partial charge < -0.3 is 9.64 Å². The Hall–Kier alpha value is -2.98. The molecule has 0 aliphatic carbocycles. The number of ether oxygens (including phenoxy) is 1. The number of nitrogens with one attached hydrogen (secondary N) is 1. The van der Waals surface area contributed by atoms with Crippen LogP contribution in [0.1, 0.15) is 10.4 Å². The third kappa shape index (κ3) is 4.41. The Bertz CT molecular complexity index is 953. The maximum atomic E-state index is 12.4. The van der Waals surface area contributed by atoms with E-state index < -0.39 is 14.9 Å². The predicted octanol–water partition coefficient (Wildman–Crippen LogP) is 1.87. The van der Waals surface area contributed by atoms with Crippen molar-refractivity contribution in [3.63, 3.8) is 0 Å². The molecular formula is C17H17N3O6S. The van der Waals surface area contributed by atoms with E-state index in [4.69, 9.17) is 4.74 Å². The molecule has 0 unspecified atom stereocenters. The topological polar surface area (TPSA) is 119 Å². The predicted molar refractivity (Wildman–Crippen MR) is 97.1 cm³/mol. The molecule has 1 fully saturated rings. The number of rotatable bonds is 5. The first-order valence-corrected chi connectivity index (χ1v) is 9.59. The maximum Gasteiger partial charge on any atom is 0.270 e. The molecule has 1 N–H and O–H groups in total. The van der Waals surface area contributed by atoms with Crippen molar-refractivity contribution in [2.24, 2.45) is 0 Å². The molecule has 1 aliphatic rings. The highest BCUT2D eigenvalue weighted by atomic mass is 32.2. The van der Waals surface area contributed by atoms with Crippen LogP contribution < -0.4 is 4.72 Å². The summed E-state index contributed by atoms with van der Waals surface area (Å²) in [5.41, 5.74) is 0.375. The zero-order valence-corrected chi connectivity index (χ0v) is 15.0. The van der Waals surface area contributed by atoms with Crippen LogP contribution in [0.15, 0.2) is 53.4 Å². The summed E-state index contributed by atoms with van der Waals surface area (Å²) in [6, 6.07) is 10.8. The van der Waals surface area contributed by atoms with E-state index in [0.29, 0.717) is 31.9 Å². The quantitative estimate of drug-likeness (QED) is 0.614. The number of nitro benzene ring substituents is 1. The Balaban J connectivity index is 1.74. The van der Waals surface area contributed by atoms with Gasteiger partial charge in [-0.3, -0.25) is 19.6 Å². The van der Waals surface area contributed by atoms with Crippen molar-refractivity contribution in [1.29, 1.82) is 0 Å². The molecule has 1 aliphatic heterocycles. The Morgan fingerprint density at radius 2 is 1.78 bits per heavy atom. The number of nitro groups is 1. The molecular weight excluding hydrogens is 374 g/mol. The second-order valence-corrected chi connectivity index (χ2v) is 7.52. The lowest BCUT2D eigenvalue weighted by molar-refractivity contribution is -0.385. The van der Waals surface area contributed by atoms with Crippen molar-refractivity contribution in [2.45, 2.75) is 4.90 Å². The lowest BCUT2D eigenvalue weighted by Crippen LogP contribution is -2.40. The summed E-state index contributed by atoms with van der Waals surface area (Å²) in [6.45, 7) is 2.01. The monoisotopic (exact) mass is 391 g/mol. The van der Waals surface area contributed by atoms with Crippen molar-refractivity contribution >= 4 is 27.3 Å². The van der Waals surface area contributed by atoms with Gasteiger partial charge in [0.2, 0.25) is 0 Å². The zero-order chi connectivity index (χ0) is 19.4. The van der Waals surface area contributed by atoms with Crippen molar-refractivity contribution < 1.29 is 22.9 Å². The van der Waals surface area contributed by atoms with E-state index in [1.165, 1.54) is 42.5 Å². The molecule has 1 amide bonds. The summed E-state index contributed by atoms with van der Waals surface area (Å²) in [6.07, 6.45) is 0. The smallest absolute Gasteiger partial charge is 0.270 e. The van der Waals surface area contributed by atoms with Crippen LogP contribution in [-0.2, 0) is 14.8 Å². The molecule has 2 aromatic rings. The van der Waals surface area contributed by atoms with E-state index in [1.807, 2.05) is 0 Å². The van der Waals surface area contributed by atoms with Crippen LogP contribution >= 0.6 is 0 Å². The fourth-order valence-electron chi connectivity index (χ4n) is 2.61. The first kappa shape index (κ1) is 18.8. The fourth-order valence-corrected chi connectivity index (χ4v) is 3.71. The average Bonchev–Trinajstić information content (AvgIpc) is 2.68. The number of benzene rings is 2. The van der Waals surface area contributed by atoms with Gasteiger partial charge in [-0.05, 0) is 30.3 Å². The summed E-state index contributed by atoms with van der Waals surface area (Å²) < 4.78 is 32.4. The van der Waals surface area contributed by atoms with Crippen molar-refractivity contribution in [2.75, 3.05) is 31.0 Å². The molecule has 3 rings (SSSR count). The third-order valence-corrected chi connectivity index (χ3v) is 5.40. The lowest BCUT2D eigenvalue weighted by atomic mass is 10.2. The molecule has 0 aromatic heterocycles. The molecule has 10 heteroatoms. The average molecular weight is 391 g/mol. The fraction of sp³-hybridized carbons (Fsp3) is 0.235. The van der Waals surface area contributed by atoms with E-state index in [1.54, 1.807) is 4.90 Å². The van der Waals surface area contributed by atoms with Crippen LogP contribution in [0, 0.1) is 10.1 Å². The third-order valence-electron chi connectivity index (χ3n) is 4.02. The van der Waals surface area contributed by atoms with E-state index in [-0.39, 0.29) is 22.2 Å². The summed E-state index contributed by atoms with van der Waals surface area (Å²) in [4.78, 5) is 24.0. The number of carbonyl (C=O) groups is 1.